The van der Waals surface area contributed by atoms with Crippen LogP contribution in [-0.4, -0.2) is 63.4 Å². The third-order valence-corrected chi connectivity index (χ3v) is 2.70. The molecule has 6 N–H and O–H groups in total. The lowest BCUT2D eigenvalue weighted by molar-refractivity contribution is 0.101. The third-order valence-electron chi connectivity index (χ3n) is 2.70. The van der Waals surface area contributed by atoms with Crippen molar-refractivity contribution >= 4 is 42.3 Å². The highest BCUT2D eigenvalue weighted by Gasteiger charge is 2.17. The molecule has 14 nitrogen and oxygen atoms in total. The maximum atomic E-state index is 12.0. The number of amides is 2. The van der Waals surface area contributed by atoms with Crippen LogP contribution in [0.5, 0.6) is 0 Å². The van der Waals surface area contributed by atoms with Crippen molar-refractivity contribution in [1.82, 2.24) is 45.3 Å². The van der Waals surface area contributed by atoms with Gasteiger partial charge in [0.2, 0.25) is 29.5 Å². The summed E-state index contributed by atoms with van der Waals surface area (Å²) in [6.07, 6.45) is 1.69. The van der Waals surface area contributed by atoms with E-state index in [0.717, 1.165) is 0 Å². The van der Waals surface area contributed by atoms with Gasteiger partial charge in [0.25, 0.3) is 11.8 Å². The van der Waals surface area contributed by atoms with Crippen LogP contribution in [0.4, 0.5) is 17.8 Å². The van der Waals surface area contributed by atoms with Gasteiger partial charge in [0.1, 0.15) is 11.6 Å². The molecule has 142 valence electrons. The van der Waals surface area contributed by atoms with Gasteiger partial charge in [-0.25, -0.2) is 9.97 Å². The summed E-state index contributed by atoms with van der Waals surface area (Å²) in [7, 11) is 0. The lowest BCUT2D eigenvalue weighted by Gasteiger charge is -2.05. The van der Waals surface area contributed by atoms with Crippen molar-refractivity contribution < 1.29 is 9.59 Å². The summed E-state index contributed by atoms with van der Waals surface area (Å²) in [5.74, 6) is -1.14. The predicted octanol–water partition coefficient (Wildman–Crippen LogP) is -0.643. The zero-order valence-corrected chi connectivity index (χ0v) is 15.4. The molecule has 0 radical (unpaired) electrons. The molecule has 0 bridgehead atoms. The van der Waals surface area contributed by atoms with Crippen molar-refractivity contribution in [2.45, 2.75) is 13.8 Å². The fourth-order valence-electron chi connectivity index (χ4n) is 1.71. The van der Waals surface area contributed by atoms with Gasteiger partial charge >= 0.3 is 0 Å². The summed E-state index contributed by atoms with van der Waals surface area (Å²) in [4.78, 5) is 43.1. The normalized spacial score (nSPS) is 9.93. The molecule has 15 heteroatoms. The van der Waals surface area contributed by atoms with Gasteiger partial charge in [-0.15, -0.1) is 10.2 Å². The minimum Gasteiger partial charge on any atom is -0.368 e. The van der Waals surface area contributed by atoms with Crippen LogP contribution in [-0.2, 0) is 0 Å². The summed E-state index contributed by atoms with van der Waals surface area (Å²) < 4.78 is 0. The number of anilines is 3. The maximum Gasteiger partial charge on any atom is 0.297 e. The van der Waals surface area contributed by atoms with E-state index < -0.39 is 11.8 Å². The van der Waals surface area contributed by atoms with E-state index in [9.17, 15) is 9.59 Å². The number of hydrogen-bond acceptors (Lipinski definition) is 11. The van der Waals surface area contributed by atoms with Gasteiger partial charge in [0.05, 0.1) is 0 Å². The zero-order valence-electron chi connectivity index (χ0n) is 14.5. The second-order valence-corrected chi connectivity index (χ2v) is 4.74. The van der Waals surface area contributed by atoms with Crippen LogP contribution < -0.4 is 16.4 Å². The summed E-state index contributed by atoms with van der Waals surface area (Å²) in [5.41, 5.74) is 5.56. The number of rotatable bonds is 4. The molecule has 3 rings (SSSR count). The molecular formula is C12H16N12O2S. The molecule has 0 unspecified atom stereocenters. The Bertz CT molecular complexity index is 879. The summed E-state index contributed by atoms with van der Waals surface area (Å²) in [6.45, 7) is 3.28. The number of thiol groups is 1. The Labute approximate surface area is 157 Å². The number of aromatic nitrogens is 9. The van der Waals surface area contributed by atoms with Crippen molar-refractivity contribution in [3.05, 3.63) is 23.3 Å². The Kier molecular flexibility index (Phi) is 6.32. The van der Waals surface area contributed by atoms with Gasteiger partial charge < -0.3 is 5.73 Å². The standard InChI is InChI=1S/C11H12N12O2.CH4S/c1-3-13-5(22-20-3)7(24)15-10-17-9(12)18-11(19-10)16-8(25)6-14-4(2)21-23-6;1-2/h1-2H3,(H,13,20,22)(H,14,21,23)(H4,12,15,16,17,18,19,24,25);2H,1H3. The molecule has 0 saturated heterocycles. The minimum atomic E-state index is -0.656. The van der Waals surface area contributed by atoms with E-state index in [1.54, 1.807) is 20.1 Å². The fraction of sp³-hybridized carbons (Fsp3) is 0.250. The van der Waals surface area contributed by atoms with Crippen LogP contribution in [0.1, 0.15) is 32.9 Å². The molecule has 0 spiro atoms. The van der Waals surface area contributed by atoms with E-state index in [4.69, 9.17) is 5.73 Å². The molecule has 0 aliphatic rings. The van der Waals surface area contributed by atoms with Crippen LogP contribution in [0.2, 0.25) is 0 Å². The van der Waals surface area contributed by atoms with E-state index in [1.807, 2.05) is 0 Å². The van der Waals surface area contributed by atoms with Crippen LogP contribution in [0.15, 0.2) is 0 Å². The average molecular weight is 392 g/mol. The highest BCUT2D eigenvalue weighted by atomic mass is 32.1. The smallest absolute Gasteiger partial charge is 0.297 e. The molecule has 0 atom stereocenters. The van der Waals surface area contributed by atoms with E-state index in [-0.39, 0.29) is 29.5 Å². The van der Waals surface area contributed by atoms with E-state index in [1.165, 1.54) is 0 Å². The molecule has 3 heterocycles. The van der Waals surface area contributed by atoms with Gasteiger partial charge in [-0.2, -0.15) is 27.6 Å². The van der Waals surface area contributed by atoms with Gasteiger partial charge in [0, 0.05) is 0 Å². The number of nitrogen functional groups attached to an aromatic ring is 1. The highest BCUT2D eigenvalue weighted by molar-refractivity contribution is 7.79. The Morgan fingerprint density at radius 3 is 1.56 bits per heavy atom. The first-order valence-electron chi connectivity index (χ1n) is 7.27. The second-order valence-electron chi connectivity index (χ2n) is 4.74. The lowest BCUT2D eigenvalue weighted by atomic mass is 10.5. The Morgan fingerprint density at radius 1 is 0.815 bits per heavy atom. The molecule has 2 amide bonds. The molecule has 3 aromatic heterocycles. The number of hydrogen-bond donors (Lipinski definition) is 6. The molecule has 0 fully saturated rings. The van der Waals surface area contributed by atoms with E-state index in [2.05, 4.69) is 68.6 Å². The van der Waals surface area contributed by atoms with Crippen molar-refractivity contribution in [3.63, 3.8) is 0 Å². The van der Waals surface area contributed by atoms with Gasteiger partial charge in [-0.3, -0.25) is 30.4 Å². The average Bonchev–Trinajstić information content (AvgIpc) is 3.24. The SMILES string of the molecule is CS.Cc1nc(C(=O)Nc2nc(N)nc(NC(=O)c3n[nH]c(C)n3)n2)n[nH]1. The van der Waals surface area contributed by atoms with Gasteiger partial charge in [-0.1, -0.05) is 0 Å². The number of nitrogens with one attached hydrogen (secondary N) is 4. The van der Waals surface area contributed by atoms with Crippen molar-refractivity contribution in [2.75, 3.05) is 22.6 Å². The molecule has 0 aromatic carbocycles. The number of carbonyl (C=O) groups excluding carboxylic acids is 2. The van der Waals surface area contributed by atoms with E-state index >= 15 is 0 Å². The van der Waals surface area contributed by atoms with Crippen LogP contribution in [0.3, 0.4) is 0 Å². The van der Waals surface area contributed by atoms with Gasteiger partial charge in [-0.05, 0) is 20.1 Å². The van der Waals surface area contributed by atoms with Crippen LogP contribution in [0.25, 0.3) is 0 Å². The number of H-pyrrole nitrogens is 2. The fourth-order valence-corrected chi connectivity index (χ4v) is 1.71. The maximum absolute atomic E-state index is 12.0. The molecule has 0 aliphatic heterocycles. The minimum absolute atomic E-state index is 0.0988. The quantitative estimate of drug-likeness (QED) is 0.309. The summed E-state index contributed by atoms with van der Waals surface area (Å²) in [6, 6.07) is 0. The van der Waals surface area contributed by atoms with Gasteiger partial charge in [0.15, 0.2) is 0 Å². The number of carbonyl (C=O) groups is 2. The Hall–Kier alpha value is -3.62. The first-order chi connectivity index (χ1) is 12.9. The third kappa shape index (κ3) is 5.18. The number of nitrogens with zero attached hydrogens (tertiary/aromatic N) is 7. The van der Waals surface area contributed by atoms with Crippen LogP contribution in [0, 0.1) is 13.8 Å². The predicted molar refractivity (Wildman–Crippen MR) is 97.3 cm³/mol. The van der Waals surface area contributed by atoms with Crippen molar-refractivity contribution in [1.29, 1.82) is 0 Å². The Morgan fingerprint density at radius 2 is 1.22 bits per heavy atom. The van der Waals surface area contributed by atoms with E-state index in [0.29, 0.717) is 11.6 Å². The molecule has 0 saturated carbocycles. The number of nitrogens with two attached hydrogens (primary N) is 1. The lowest BCUT2D eigenvalue weighted by Crippen LogP contribution is -2.20. The molecule has 3 aromatic rings. The first-order valence-corrected chi connectivity index (χ1v) is 8.17. The van der Waals surface area contributed by atoms with Crippen molar-refractivity contribution in [3.8, 4) is 0 Å². The molecule has 27 heavy (non-hydrogen) atoms. The number of aryl methyl sites for hydroxylation is 2. The monoisotopic (exact) mass is 392 g/mol. The van der Waals surface area contributed by atoms with Crippen LogP contribution >= 0.6 is 12.6 Å². The Balaban J connectivity index is 0.00000126. The summed E-state index contributed by atoms with van der Waals surface area (Å²) in [5, 5.41) is 17.2. The second kappa shape index (κ2) is 8.65. The molecule has 0 aliphatic carbocycles. The zero-order chi connectivity index (χ0) is 20.0. The van der Waals surface area contributed by atoms with Crippen molar-refractivity contribution in [2.24, 2.45) is 0 Å². The topological polar surface area (TPSA) is 206 Å². The first kappa shape index (κ1) is 19.7. The molecular weight excluding hydrogens is 376 g/mol. The highest BCUT2D eigenvalue weighted by Crippen LogP contribution is 2.08. The number of aromatic amines is 2. The summed E-state index contributed by atoms with van der Waals surface area (Å²) >= 11 is 3.53. The largest absolute Gasteiger partial charge is 0.368 e.